The Balaban J connectivity index is 1.64. The molecule has 130 valence electrons. The van der Waals surface area contributed by atoms with Crippen LogP contribution in [0.15, 0.2) is 48.5 Å². The first-order chi connectivity index (χ1) is 12.0. The van der Waals surface area contributed by atoms with Crippen molar-refractivity contribution in [2.24, 2.45) is 0 Å². The second kappa shape index (κ2) is 7.34. The molecular weight excluding hydrogens is 321 g/mol. The molecule has 1 aliphatic rings. The Morgan fingerprint density at radius 3 is 2.40 bits per heavy atom. The lowest BCUT2D eigenvalue weighted by Gasteiger charge is -2.36. The zero-order chi connectivity index (χ0) is 17.8. The standard InChI is InChI=1S/C19H20FN3O2/c1-14(24)21-17-6-3-7-18(13-17)22-8-10-23(11-9-22)19(25)15-4-2-5-16(20)12-15/h2-7,12-13H,8-11H2,1H3,(H,21,24). The molecule has 1 aliphatic heterocycles. The first kappa shape index (κ1) is 17.0. The second-order valence-electron chi connectivity index (χ2n) is 6.02. The third kappa shape index (κ3) is 4.15. The summed E-state index contributed by atoms with van der Waals surface area (Å²) in [6, 6.07) is 13.4. The van der Waals surface area contributed by atoms with E-state index in [0.717, 1.165) is 11.4 Å². The van der Waals surface area contributed by atoms with Crippen molar-refractivity contribution in [3.05, 3.63) is 59.9 Å². The topological polar surface area (TPSA) is 52.7 Å². The molecule has 1 heterocycles. The van der Waals surface area contributed by atoms with E-state index in [1.54, 1.807) is 17.0 Å². The minimum absolute atomic E-state index is 0.109. The molecule has 0 aromatic heterocycles. The molecule has 0 saturated carbocycles. The normalized spacial score (nSPS) is 14.3. The molecule has 0 spiro atoms. The van der Waals surface area contributed by atoms with Crippen LogP contribution in [0.4, 0.5) is 15.8 Å². The smallest absolute Gasteiger partial charge is 0.254 e. The molecule has 0 unspecified atom stereocenters. The Morgan fingerprint density at radius 2 is 1.72 bits per heavy atom. The summed E-state index contributed by atoms with van der Waals surface area (Å²) in [5.74, 6) is -0.659. The fourth-order valence-electron chi connectivity index (χ4n) is 2.96. The average molecular weight is 341 g/mol. The molecular formula is C19H20FN3O2. The van der Waals surface area contributed by atoms with Crippen LogP contribution in [0.25, 0.3) is 0 Å². The molecule has 1 saturated heterocycles. The van der Waals surface area contributed by atoms with Gasteiger partial charge in [-0.3, -0.25) is 9.59 Å². The van der Waals surface area contributed by atoms with Gasteiger partial charge in [0.2, 0.25) is 5.91 Å². The minimum atomic E-state index is -0.403. The van der Waals surface area contributed by atoms with E-state index in [1.807, 2.05) is 24.3 Å². The van der Waals surface area contributed by atoms with Gasteiger partial charge in [0.05, 0.1) is 0 Å². The lowest BCUT2D eigenvalue weighted by Crippen LogP contribution is -2.48. The number of benzene rings is 2. The summed E-state index contributed by atoms with van der Waals surface area (Å²) in [5.41, 5.74) is 2.13. The number of rotatable bonds is 3. The highest BCUT2D eigenvalue weighted by Crippen LogP contribution is 2.21. The molecule has 1 N–H and O–H groups in total. The lowest BCUT2D eigenvalue weighted by molar-refractivity contribution is -0.114. The van der Waals surface area contributed by atoms with E-state index in [-0.39, 0.29) is 11.8 Å². The molecule has 6 heteroatoms. The summed E-state index contributed by atoms with van der Waals surface area (Å²) in [6.45, 7) is 3.98. The molecule has 0 bridgehead atoms. The van der Waals surface area contributed by atoms with Gasteiger partial charge in [-0.05, 0) is 36.4 Å². The monoisotopic (exact) mass is 341 g/mol. The Hall–Kier alpha value is -2.89. The van der Waals surface area contributed by atoms with Crippen LogP contribution in [-0.4, -0.2) is 42.9 Å². The molecule has 2 amide bonds. The SMILES string of the molecule is CC(=O)Nc1cccc(N2CCN(C(=O)c3cccc(F)c3)CC2)c1. The van der Waals surface area contributed by atoms with Gasteiger partial charge in [-0.2, -0.15) is 0 Å². The average Bonchev–Trinajstić information content (AvgIpc) is 2.61. The second-order valence-corrected chi connectivity index (χ2v) is 6.02. The fraction of sp³-hybridized carbons (Fsp3) is 0.263. The van der Waals surface area contributed by atoms with Gasteiger partial charge in [0.1, 0.15) is 5.82 Å². The number of nitrogens with one attached hydrogen (secondary N) is 1. The third-order valence-corrected chi connectivity index (χ3v) is 4.17. The van der Waals surface area contributed by atoms with Gasteiger partial charge < -0.3 is 15.1 Å². The van der Waals surface area contributed by atoms with Crippen LogP contribution in [0.2, 0.25) is 0 Å². The predicted molar refractivity (Wildman–Crippen MR) is 95.3 cm³/mol. The third-order valence-electron chi connectivity index (χ3n) is 4.17. The summed E-state index contributed by atoms with van der Waals surface area (Å²) in [5, 5.41) is 2.77. The van der Waals surface area contributed by atoms with Gasteiger partial charge >= 0.3 is 0 Å². The summed E-state index contributed by atoms with van der Waals surface area (Å²) < 4.78 is 13.3. The molecule has 3 rings (SSSR count). The first-order valence-electron chi connectivity index (χ1n) is 8.20. The van der Waals surface area contributed by atoms with Crippen LogP contribution in [-0.2, 0) is 4.79 Å². The molecule has 2 aromatic carbocycles. The highest BCUT2D eigenvalue weighted by Gasteiger charge is 2.22. The maximum atomic E-state index is 13.3. The minimum Gasteiger partial charge on any atom is -0.368 e. The van der Waals surface area contributed by atoms with Crippen molar-refractivity contribution >= 4 is 23.2 Å². The van der Waals surface area contributed by atoms with E-state index in [0.29, 0.717) is 31.7 Å². The van der Waals surface area contributed by atoms with Crippen LogP contribution >= 0.6 is 0 Å². The van der Waals surface area contributed by atoms with E-state index < -0.39 is 5.82 Å². The van der Waals surface area contributed by atoms with Crippen LogP contribution in [0.5, 0.6) is 0 Å². The van der Waals surface area contributed by atoms with Gasteiger partial charge in [0, 0.05) is 50.0 Å². The quantitative estimate of drug-likeness (QED) is 0.934. The zero-order valence-corrected chi connectivity index (χ0v) is 14.0. The van der Waals surface area contributed by atoms with E-state index in [1.165, 1.54) is 19.1 Å². The number of anilines is 2. The van der Waals surface area contributed by atoms with Gasteiger partial charge in [0.15, 0.2) is 0 Å². The number of piperazine rings is 1. The molecule has 0 radical (unpaired) electrons. The highest BCUT2D eigenvalue weighted by atomic mass is 19.1. The number of hydrogen-bond donors (Lipinski definition) is 1. The number of nitrogens with zero attached hydrogens (tertiary/aromatic N) is 2. The van der Waals surface area contributed by atoms with E-state index in [4.69, 9.17) is 0 Å². The summed E-state index contributed by atoms with van der Waals surface area (Å²) in [6.07, 6.45) is 0. The van der Waals surface area contributed by atoms with E-state index in [2.05, 4.69) is 10.2 Å². The lowest BCUT2D eigenvalue weighted by atomic mass is 10.1. The molecule has 2 aromatic rings. The molecule has 0 atom stereocenters. The Kier molecular flexibility index (Phi) is 4.97. The molecule has 5 nitrogen and oxygen atoms in total. The van der Waals surface area contributed by atoms with Crippen molar-refractivity contribution < 1.29 is 14.0 Å². The zero-order valence-electron chi connectivity index (χ0n) is 14.0. The molecule has 1 fully saturated rings. The molecule has 0 aliphatic carbocycles. The summed E-state index contributed by atoms with van der Waals surface area (Å²) in [7, 11) is 0. The Labute approximate surface area is 146 Å². The van der Waals surface area contributed by atoms with Crippen LogP contribution in [0.1, 0.15) is 17.3 Å². The number of carbonyl (C=O) groups excluding carboxylic acids is 2. The fourth-order valence-corrected chi connectivity index (χ4v) is 2.96. The maximum absolute atomic E-state index is 13.3. The summed E-state index contributed by atoms with van der Waals surface area (Å²) in [4.78, 5) is 27.6. The van der Waals surface area contributed by atoms with Crippen molar-refractivity contribution in [3.8, 4) is 0 Å². The van der Waals surface area contributed by atoms with Gasteiger partial charge in [-0.1, -0.05) is 12.1 Å². The van der Waals surface area contributed by atoms with Crippen molar-refractivity contribution in [2.45, 2.75) is 6.92 Å². The van der Waals surface area contributed by atoms with Crippen LogP contribution < -0.4 is 10.2 Å². The van der Waals surface area contributed by atoms with E-state index in [9.17, 15) is 14.0 Å². The Bertz CT molecular complexity index is 786. The van der Waals surface area contributed by atoms with Crippen molar-refractivity contribution in [3.63, 3.8) is 0 Å². The molecule has 25 heavy (non-hydrogen) atoms. The first-order valence-corrected chi connectivity index (χ1v) is 8.20. The largest absolute Gasteiger partial charge is 0.368 e. The highest BCUT2D eigenvalue weighted by molar-refractivity contribution is 5.94. The van der Waals surface area contributed by atoms with Crippen molar-refractivity contribution in [2.75, 3.05) is 36.4 Å². The Morgan fingerprint density at radius 1 is 1.00 bits per heavy atom. The maximum Gasteiger partial charge on any atom is 0.254 e. The van der Waals surface area contributed by atoms with E-state index >= 15 is 0 Å². The van der Waals surface area contributed by atoms with Gasteiger partial charge in [0.25, 0.3) is 5.91 Å². The van der Waals surface area contributed by atoms with Crippen LogP contribution in [0, 0.1) is 5.82 Å². The van der Waals surface area contributed by atoms with Gasteiger partial charge in [-0.15, -0.1) is 0 Å². The number of amides is 2. The summed E-state index contributed by atoms with van der Waals surface area (Å²) >= 11 is 0. The number of hydrogen-bond acceptors (Lipinski definition) is 3. The van der Waals surface area contributed by atoms with Crippen molar-refractivity contribution in [1.82, 2.24) is 4.90 Å². The number of halogens is 1. The number of carbonyl (C=O) groups is 2. The predicted octanol–water partition coefficient (Wildman–Crippen LogP) is 2.75. The van der Waals surface area contributed by atoms with Gasteiger partial charge in [-0.25, -0.2) is 4.39 Å². The van der Waals surface area contributed by atoms with Crippen LogP contribution in [0.3, 0.4) is 0 Å². The van der Waals surface area contributed by atoms with Crippen molar-refractivity contribution in [1.29, 1.82) is 0 Å².